The summed E-state index contributed by atoms with van der Waals surface area (Å²) in [6, 6.07) is 9.67. The molecule has 0 heterocycles. The lowest BCUT2D eigenvalue weighted by Crippen LogP contribution is -2.03. The van der Waals surface area contributed by atoms with Gasteiger partial charge in [-0.05, 0) is 24.5 Å². The molecule has 0 N–H and O–H groups in total. The third-order valence-corrected chi connectivity index (χ3v) is 2.23. The molecule has 0 atom stereocenters. The molecule has 1 rings (SSSR count). The number of carbonyl (C=O) groups excluding carboxylic acids is 1. The summed E-state index contributed by atoms with van der Waals surface area (Å²) < 4.78 is 9.90. The number of allylic oxidation sites excluding steroid dienone is 1. The minimum atomic E-state index is -0.153. The van der Waals surface area contributed by atoms with E-state index in [4.69, 9.17) is 9.47 Å². The first-order chi connectivity index (χ1) is 8.33. The van der Waals surface area contributed by atoms with Crippen LogP contribution in [0.1, 0.15) is 24.8 Å². The van der Waals surface area contributed by atoms with Crippen LogP contribution in [0.15, 0.2) is 42.7 Å². The van der Waals surface area contributed by atoms with Crippen molar-refractivity contribution in [2.45, 2.75) is 25.9 Å². The van der Waals surface area contributed by atoms with Gasteiger partial charge in [-0.25, -0.2) is 0 Å². The van der Waals surface area contributed by atoms with Crippen LogP contribution in [0.5, 0.6) is 0 Å². The Morgan fingerprint density at radius 3 is 2.76 bits per heavy atom. The molecule has 0 aromatic heterocycles. The van der Waals surface area contributed by atoms with Gasteiger partial charge in [-0.2, -0.15) is 0 Å². The first kappa shape index (κ1) is 13.3. The van der Waals surface area contributed by atoms with Gasteiger partial charge in [0.05, 0.1) is 13.4 Å². The topological polar surface area (TPSA) is 35.5 Å². The van der Waals surface area contributed by atoms with Gasteiger partial charge in [0.25, 0.3) is 0 Å². The summed E-state index contributed by atoms with van der Waals surface area (Å²) in [5, 5.41) is 0. The lowest BCUT2D eigenvalue weighted by atomic mass is 10.2. The number of esters is 1. The SMILES string of the molecule is CO/C=C/CCCC(=O)OCc1ccccc1. The summed E-state index contributed by atoms with van der Waals surface area (Å²) in [6.45, 7) is 0.355. The van der Waals surface area contributed by atoms with Gasteiger partial charge in [-0.3, -0.25) is 4.79 Å². The predicted octanol–water partition coefficient (Wildman–Crippen LogP) is 3.06. The highest BCUT2D eigenvalue weighted by atomic mass is 16.5. The van der Waals surface area contributed by atoms with Crippen LogP contribution >= 0.6 is 0 Å². The van der Waals surface area contributed by atoms with Crippen LogP contribution in [0, 0.1) is 0 Å². The van der Waals surface area contributed by atoms with E-state index >= 15 is 0 Å². The molecule has 17 heavy (non-hydrogen) atoms. The molecular weight excluding hydrogens is 216 g/mol. The fourth-order valence-corrected chi connectivity index (χ4v) is 1.34. The summed E-state index contributed by atoms with van der Waals surface area (Å²) in [7, 11) is 1.60. The van der Waals surface area contributed by atoms with E-state index in [0.717, 1.165) is 18.4 Å². The zero-order chi connectivity index (χ0) is 12.3. The van der Waals surface area contributed by atoms with E-state index in [2.05, 4.69) is 0 Å². The summed E-state index contributed by atoms with van der Waals surface area (Å²) in [6.07, 6.45) is 5.57. The predicted molar refractivity (Wildman–Crippen MR) is 66.2 cm³/mol. The first-order valence-electron chi connectivity index (χ1n) is 5.70. The molecule has 0 unspecified atom stereocenters. The Morgan fingerprint density at radius 1 is 1.29 bits per heavy atom. The van der Waals surface area contributed by atoms with Crippen molar-refractivity contribution in [3.05, 3.63) is 48.2 Å². The average molecular weight is 234 g/mol. The number of unbranched alkanes of at least 4 members (excludes halogenated alkanes) is 1. The Morgan fingerprint density at radius 2 is 2.06 bits per heavy atom. The molecule has 0 fully saturated rings. The van der Waals surface area contributed by atoms with Gasteiger partial charge < -0.3 is 9.47 Å². The van der Waals surface area contributed by atoms with Gasteiger partial charge in [-0.15, -0.1) is 0 Å². The van der Waals surface area contributed by atoms with Gasteiger partial charge >= 0.3 is 5.97 Å². The van der Waals surface area contributed by atoms with Crippen LogP contribution in [-0.4, -0.2) is 13.1 Å². The summed E-state index contributed by atoms with van der Waals surface area (Å²) in [5.74, 6) is -0.153. The first-order valence-corrected chi connectivity index (χ1v) is 5.70. The van der Waals surface area contributed by atoms with Crippen molar-refractivity contribution in [1.29, 1.82) is 0 Å². The molecule has 0 saturated carbocycles. The van der Waals surface area contributed by atoms with E-state index in [1.807, 2.05) is 36.4 Å². The Bertz CT molecular complexity index is 344. The molecule has 0 bridgehead atoms. The number of ether oxygens (including phenoxy) is 2. The Kier molecular flexibility index (Phi) is 6.56. The fraction of sp³-hybridized carbons (Fsp3) is 0.357. The van der Waals surface area contributed by atoms with E-state index in [1.54, 1.807) is 13.4 Å². The van der Waals surface area contributed by atoms with Crippen LogP contribution in [0.2, 0.25) is 0 Å². The van der Waals surface area contributed by atoms with E-state index < -0.39 is 0 Å². The van der Waals surface area contributed by atoms with Gasteiger partial charge in [0, 0.05) is 6.42 Å². The standard InChI is InChI=1S/C14H18O3/c1-16-11-7-3-6-10-14(15)17-12-13-8-4-2-5-9-13/h2,4-5,7-9,11H,3,6,10,12H2,1H3/b11-7+. The van der Waals surface area contributed by atoms with Gasteiger partial charge in [0.2, 0.25) is 0 Å². The molecule has 3 heteroatoms. The van der Waals surface area contributed by atoms with Crippen LogP contribution in [-0.2, 0) is 20.9 Å². The third-order valence-electron chi connectivity index (χ3n) is 2.23. The molecule has 0 aliphatic heterocycles. The minimum absolute atomic E-state index is 0.153. The summed E-state index contributed by atoms with van der Waals surface area (Å²) >= 11 is 0. The molecule has 1 aromatic rings. The summed E-state index contributed by atoms with van der Waals surface area (Å²) in [4.78, 5) is 11.4. The summed E-state index contributed by atoms with van der Waals surface area (Å²) in [5.41, 5.74) is 1.01. The van der Waals surface area contributed by atoms with Crippen LogP contribution in [0.25, 0.3) is 0 Å². The van der Waals surface area contributed by atoms with E-state index in [9.17, 15) is 4.79 Å². The zero-order valence-corrected chi connectivity index (χ0v) is 10.1. The second kappa shape index (κ2) is 8.39. The maximum absolute atomic E-state index is 11.4. The van der Waals surface area contributed by atoms with Gasteiger partial charge in [0.15, 0.2) is 0 Å². The second-order valence-corrected chi connectivity index (χ2v) is 3.65. The van der Waals surface area contributed by atoms with Crippen molar-refractivity contribution < 1.29 is 14.3 Å². The van der Waals surface area contributed by atoms with Gasteiger partial charge in [0.1, 0.15) is 6.61 Å². The highest BCUT2D eigenvalue weighted by Crippen LogP contribution is 2.04. The number of carbonyl (C=O) groups is 1. The van der Waals surface area contributed by atoms with Crippen molar-refractivity contribution in [2.75, 3.05) is 7.11 Å². The Labute approximate surface area is 102 Å². The molecular formula is C14H18O3. The normalized spacial score (nSPS) is 10.4. The largest absolute Gasteiger partial charge is 0.505 e. The van der Waals surface area contributed by atoms with Crippen molar-refractivity contribution >= 4 is 5.97 Å². The maximum Gasteiger partial charge on any atom is 0.306 e. The maximum atomic E-state index is 11.4. The smallest absolute Gasteiger partial charge is 0.306 e. The van der Waals surface area contributed by atoms with Crippen molar-refractivity contribution in [3.63, 3.8) is 0 Å². The number of hydrogen-bond donors (Lipinski definition) is 0. The highest BCUT2D eigenvalue weighted by Gasteiger charge is 2.01. The monoisotopic (exact) mass is 234 g/mol. The minimum Gasteiger partial charge on any atom is -0.505 e. The fourth-order valence-electron chi connectivity index (χ4n) is 1.34. The molecule has 0 aliphatic rings. The van der Waals surface area contributed by atoms with E-state index in [0.29, 0.717) is 13.0 Å². The van der Waals surface area contributed by atoms with Crippen molar-refractivity contribution in [3.8, 4) is 0 Å². The number of hydrogen-bond acceptors (Lipinski definition) is 3. The second-order valence-electron chi connectivity index (χ2n) is 3.65. The van der Waals surface area contributed by atoms with E-state index in [1.165, 1.54) is 0 Å². The van der Waals surface area contributed by atoms with E-state index in [-0.39, 0.29) is 5.97 Å². The van der Waals surface area contributed by atoms with Crippen molar-refractivity contribution in [1.82, 2.24) is 0 Å². The quantitative estimate of drug-likeness (QED) is 0.413. The highest BCUT2D eigenvalue weighted by molar-refractivity contribution is 5.69. The number of methoxy groups -OCH3 is 1. The Balaban J connectivity index is 2.11. The molecule has 0 saturated heterocycles. The number of benzene rings is 1. The average Bonchev–Trinajstić information content (AvgIpc) is 2.37. The van der Waals surface area contributed by atoms with Crippen LogP contribution in [0.3, 0.4) is 0 Å². The lowest BCUT2D eigenvalue weighted by Gasteiger charge is -2.03. The van der Waals surface area contributed by atoms with Crippen LogP contribution in [0.4, 0.5) is 0 Å². The van der Waals surface area contributed by atoms with Crippen LogP contribution < -0.4 is 0 Å². The Hall–Kier alpha value is -1.77. The molecule has 1 aromatic carbocycles. The molecule has 0 amide bonds. The van der Waals surface area contributed by atoms with Crippen molar-refractivity contribution in [2.24, 2.45) is 0 Å². The molecule has 0 radical (unpaired) electrons. The molecule has 0 spiro atoms. The molecule has 3 nitrogen and oxygen atoms in total. The molecule has 0 aliphatic carbocycles. The third kappa shape index (κ3) is 6.40. The van der Waals surface area contributed by atoms with Gasteiger partial charge in [-0.1, -0.05) is 30.3 Å². The number of rotatable bonds is 7. The molecule has 92 valence electrons. The zero-order valence-electron chi connectivity index (χ0n) is 10.1. The lowest BCUT2D eigenvalue weighted by molar-refractivity contribution is -0.145.